The lowest BCUT2D eigenvalue weighted by atomic mass is 10.4. The zero-order chi connectivity index (χ0) is 9.26. The van der Waals surface area contributed by atoms with Crippen LogP contribution in [0.5, 0.6) is 0 Å². The van der Waals surface area contributed by atoms with E-state index in [4.69, 9.17) is 11.6 Å². The van der Waals surface area contributed by atoms with Crippen molar-refractivity contribution >= 4 is 11.6 Å². The zero-order valence-electron chi connectivity index (χ0n) is 7.11. The first-order valence-corrected chi connectivity index (χ1v) is 4.26. The van der Waals surface area contributed by atoms with Crippen LogP contribution < -0.4 is 0 Å². The second-order valence-electron chi connectivity index (χ2n) is 2.67. The summed E-state index contributed by atoms with van der Waals surface area (Å²) in [5, 5.41) is 0.628. The highest BCUT2D eigenvalue weighted by molar-refractivity contribution is 6.32. The molecule has 2 aromatic heterocycles. The number of aromatic nitrogens is 3. The van der Waals surface area contributed by atoms with Crippen LogP contribution in [0.15, 0.2) is 30.9 Å². The van der Waals surface area contributed by atoms with E-state index in [1.807, 2.05) is 23.8 Å². The number of nitrogens with zero attached hydrogens (tertiary/aromatic N) is 3. The molecular formula is C9H8ClN3. The minimum atomic E-state index is 0.628. The maximum absolute atomic E-state index is 5.98. The van der Waals surface area contributed by atoms with Gasteiger partial charge in [0.2, 0.25) is 0 Å². The van der Waals surface area contributed by atoms with Crippen LogP contribution in [-0.4, -0.2) is 14.5 Å². The van der Waals surface area contributed by atoms with Gasteiger partial charge in [0, 0.05) is 24.8 Å². The largest absolute Gasteiger partial charge is 0.302 e. The monoisotopic (exact) mass is 193 g/mol. The van der Waals surface area contributed by atoms with E-state index in [2.05, 4.69) is 9.97 Å². The van der Waals surface area contributed by atoms with Crippen molar-refractivity contribution < 1.29 is 0 Å². The first-order chi connectivity index (χ1) is 6.29. The van der Waals surface area contributed by atoms with Crippen molar-refractivity contribution in [3.63, 3.8) is 0 Å². The van der Waals surface area contributed by atoms with Gasteiger partial charge in [-0.3, -0.25) is 4.98 Å². The first-order valence-electron chi connectivity index (χ1n) is 3.89. The van der Waals surface area contributed by atoms with E-state index in [1.54, 1.807) is 18.6 Å². The maximum atomic E-state index is 5.98. The molecule has 0 N–H and O–H groups in total. The topological polar surface area (TPSA) is 30.7 Å². The molecule has 0 aliphatic carbocycles. The average molecular weight is 194 g/mol. The summed E-state index contributed by atoms with van der Waals surface area (Å²) in [6.45, 7) is 1.93. The summed E-state index contributed by atoms with van der Waals surface area (Å²) < 4.78 is 1.92. The molecule has 0 aromatic carbocycles. The molecule has 0 radical (unpaired) electrons. The fourth-order valence-corrected chi connectivity index (χ4v) is 1.41. The molecule has 2 heterocycles. The molecule has 0 aliphatic heterocycles. The molecule has 0 atom stereocenters. The van der Waals surface area contributed by atoms with Gasteiger partial charge < -0.3 is 4.57 Å². The summed E-state index contributed by atoms with van der Waals surface area (Å²) in [5.41, 5.74) is 0.909. The van der Waals surface area contributed by atoms with Crippen LogP contribution in [0.1, 0.15) is 5.82 Å². The highest BCUT2D eigenvalue weighted by Gasteiger charge is 2.03. The van der Waals surface area contributed by atoms with Gasteiger partial charge in [-0.15, -0.1) is 0 Å². The van der Waals surface area contributed by atoms with Gasteiger partial charge in [-0.2, -0.15) is 0 Å². The number of aryl methyl sites for hydroxylation is 1. The van der Waals surface area contributed by atoms with E-state index in [0.717, 1.165) is 11.5 Å². The summed E-state index contributed by atoms with van der Waals surface area (Å²) >= 11 is 5.98. The maximum Gasteiger partial charge on any atom is 0.110 e. The Hall–Kier alpha value is -1.35. The molecule has 0 aliphatic rings. The van der Waals surface area contributed by atoms with E-state index in [9.17, 15) is 0 Å². The molecular weight excluding hydrogens is 186 g/mol. The summed E-state index contributed by atoms with van der Waals surface area (Å²) in [7, 11) is 0. The molecule has 4 heteroatoms. The van der Waals surface area contributed by atoms with Crippen molar-refractivity contribution in [1.29, 1.82) is 0 Å². The van der Waals surface area contributed by atoms with Crippen molar-refractivity contribution in [2.75, 3.05) is 0 Å². The van der Waals surface area contributed by atoms with E-state index >= 15 is 0 Å². The molecule has 66 valence electrons. The summed E-state index contributed by atoms with van der Waals surface area (Å²) in [6.07, 6.45) is 6.94. The molecule has 2 rings (SSSR count). The number of halogens is 1. The molecule has 3 nitrogen and oxygen atoms in total. The highest BCUT2D eigenvalue weighted by Crippen LogP contribution is 2.19. The molecule has 13 heavy (non-hydrogen) atoms. The summed E-state index contributed by atoms with van der Waals surface area (Å²) in [4.78, 5) is 8.04. The Kier molecular flexibility index (Phi) is 2.02. The Morgan fingerprint density at radius 1 is 1.38 bits per heavy atom. The number of hydrogen-bond acceptors (Lipinski definition) is 2. The van der Waals surface area contributed by atoms with Gasteiger partial charge in [-0.05, 0) is 13.0 Å². The van der Waals surface area contributed by atoms with Gasteiger partial charge in [0.15, 0.2) is 0 Å². The van der Waals surface area contributed by atoms with Gasteiger partial charge in [0.25, 0.3) is 0 Å². The fraction of sp³-hybridized carbons (Fsp3) is 0.111. The summed E-state index contributed by atoms with van der Waals surface area (Å²) in [6, 6.07) is 1.86. The molecule has 0 fully saturated rings. The van der Waals surface area contributed by atoms with Crippen molar-refractivity contribution in [2.24, 2.45) is 0 Å². The number of pyridine rings is 1. The molecule has 0 amide bonds. The van der Waals surface area contributed by atoms with Gasteiger partial charge in [0.05, 0.1) is 10.7 Å². The van der Waals surface area contributed by atoms with E-state index in [0.29, 0.717) is 5.02 Å². The van der Waals surface area contributed by atoms with Crippen molar-refractivity contribution in [2.45, 2.75) is 6.92 Å². The Morgan fingerprint density at radius 2 is 2.23 bits per heavy atom. The SMILES string of the molecule is Cc1nccn1-c1ccncc1Cl. The lowest BCUT2D eigenvalue weighted by Gasteiger charge is -2.05. The average Bonchev–Trinajstić information content (AvgIpc) is 2.52. The lowest BCUT2D eigenvalue weighted by molar-refractivity contribution is 0.970. The van der Waals surface area contributed by atoms with Crippen LogP contribution >= 0.6 is 11.6 Å². The van der Waals surface area contributed by atoms with E-state index in [-0.39, 0.29) is 0 Å². The molecule has 0 spiro atoms. The second kappa shape index (κ2) is 3.18. The highest BCUT2D eigenvalue weighted by atomic mass is 35.5. The van der Waals surface area contributed by atoms with Crippen LogP contribution in [0, 0.1) is 6.92 Å². The van der Waals surface area contributed by atoms with Gasteiger partial charge >= 0.3 is 0 Å². The van der Waals surface area contributed by atoms with Crippen molar-refractivity contribution in [1.82, 2.24) is 14.5 Å². The Morgan fingerprint density at radius 3 is 2.85 bits per heavy atom. The molecule has 0 bridgehead atoms. The van der Waals surface area contributed by atoms with E-state index < -0.39 is 0 Å². The Labute approximate surface area is 81.0 Å². The van der Waals surface area contributed by atoms with Crippen LogP contribution in [0.3, 0.4) is 0 Å². The third-order valence-electron chi connectivity index (χ3n) is 1.84. The van der Waals surface area contributed by atoms with Crippen LogP contribution in [-0.2, 0) is 0 Å². The molecule has 0 unspecified atom stereocenters. The number of hydrogen-bond donors (Lipinski definition) is 0. The molecule has 0 saturated heterocycles. The van der Waals surface area contributed by atoms with Crippen molar-refractivity contribution in [3.8, 4) is 5.69 Å². The number of rotatable bonds is 1. The first kappa shape index (κ1) is 8.26. The summed E-state index contributed by atoms with van der Waals surface area (Å²) in [5.74, 6) is 0.910. The minimum absolute atomic E-state index is 0.628. The van der Waals surface area contributed by atoms with E-state index in [1.165, 1.54) is 0 Å². The zero-order valence-corrected chi connectivity index (χ0v) is 7.86. The normalized spacial score (nSPS) is 10.3. The van der Waals surface area contributed by atoms with Gasteiger partial charge in [-0.25, -0.2) is 4.98 Å². The third-order valence-corrected chi connectivity index (χ3v) is 2.13. The van der Waals surface area contributed by atoms with Crippen LogP contribution in [0.2, 0.25) is 5.02 Å². The van der Waals surface area contributed by atoms with Gasteiger partial charge in [0.1, 0.15) is 5.82 Å². The number of imidazole rings is 1. The molecule has 2 aromatic rings. The Bertz CT molecular complexity index is 422. The standard InChI is InChI=1S/C9H8ClN3/c1-7-12-4-5-13(7)9-2-3-11-6-8(9)10/h2-6H,1H3. The third kappa shape index (κ3) is 1.42. The predicted molar refractivity (Wildman–Crippen MR) is 51.1 cm³/mol. The Balaban J connectivity index is 2.59. The predicted octanol–water partition coefficient (Wildman–Crippen LogP) is 2.23. The fourth-order valence-electron chi connectivity index (χ4n) is 1.20. The van der Waals surface area contributed by atoms with Gasteiger partial charge in [-0.1, -0.05) is 11.6 Å². The minimum Gasteiger partial charge on any atom is -0.302 e. The molecule has 0 saturated carbocycles. The van der Waals surface area contributed by atoms with Crippen LogP contribution in [0.4, 0.5) is 0 Å². The quantitative estimate of drug-likeness (QED) is 0.696. The van der Waals surface area contributed by atoms with Crippen molar-refractivity contribution in [3.05, 3.63) is 41.7 Å². The lowest BCUT2D eigenvalue weighted by Crippen LogP contribution is -1.96. The van der Waals surface area contributed by atoms with Crippen LogP contribution in [0.25, 0.3) is 5.69 Å². The smallest absolute Gasteiger partial charge is 0.110 e. The second-order valence-corrected chi connectivity index (χ2v) is 3.08.